The van der Waals surface area contributed by atoms with Gasteiger partial charge in [-0.2, -0.15) is 0 Å². The molecule has 1 aromatic rings. The van der Waals surface area contributed by atoms with Crippen molar-refractivity contribution in [2.45, 2.75) is 26.4 Å². The van der Waals surface area contributed by atoms with Gasteiger partial charge < -0.3 is 19.9 Å². The number of aryl methyl sites for hydroxylation is 2. The number of ether oxygens (including phenoxy) is 2. The number of hydrogen-bond acceptors (Lipinski definition) is 5. The molecule has 0 aliphatic rings. The Bertz CT molecular complexity index is 528. The second kappa shape index (κ2) is 6.58. The summed E-state index contributed by atoms with van der Waals surface area (Å²) in [5.41, 5.74) is 0.345. The lowest BCUT2D eigenvalue weighted by molar-refractivity contribution is -0.159. The van der Waals surface area contributed by atoms with Crippen molar-refractivity contribution in [2.24, 2.45) is 0 Å². The first-order valence-corrected chi connectivity index (χ1v) is 6.47. The van der Waals surface area contributed by atoms with E-state index in [2.05, 4.69) is 10.1 Å². The smallest absolute Gasteiger partial charge is 0.339 e. The Balaban J connectivity index is 2.84. The van der Waals surface area contributed by atoms with Gasteiger partial charge in [0.1, 0.15) is 5.75 Å². The van der Waals surface area contributed by atoms with E-state index in [4.69, 9.17) is 4.74 Å². The van der Waals surface area contributed by atoms with Crippen molar-refractivity contribution in [3.05, 3.63) is 28.8 Å². The van der Waals surface area contributed by atoms with E-state index in [0.29, 0.717) is 5.56 Å². The molecule has 0 aliphatic heterocycles. The fraction of sp³-hybridized carbons (Fsp3) is 0.467. The molecule has 0 aliphatic carbocycles. The predicted octanol–water partition coefficient (Wildman–Crippen LogP) is 0.966. The normalized spacial score (nSPS) is 13.2. The van der Waals surface area contributed by atoms with Crippen LogP contribution in [0.15, 0.2) is 12.1 Å². The maximum atomic E-state index is 12.1. The largest absolute Gasteiger partial charge is 0.496 e. The standard InChI is InChI=1S/C15H21NO5/c1-9-6-11(7-10(2)12(9)20-4)13(17)16-8-15(3,19)14(18)21-5/h6-7,19H,8H2,1-5H3,(H,16,17). The Morgan fingerprint density at radius 3 is 2.19 bits per heavy atom. The minimum Gasteiger partial charge on any atom is -0.496 e. The molecular formula is C15H21NO5. The summed E-state index contributed by atoms with van der Waals surface area (Å²) < 4.78 is 9.70. The Labute approximate surface area is 124 Å². The molecule has 0 aromatic heterocycles. The third-order valence-electron chi connectivity index (χ3n) is 3.14. The van der Waals surface area contributed by atoms with Crippen LogP contribution in [0.1, 0.15) is 28.4 Å². The van der Waals surface area contributed by atoms with Crippen LogP contribution in [0.4, 0.5) is 0 Å². The van der Waals surface area contributed by atoms with Crippen LogP contribution in [0.5, 0.6) is 5.75 Å². The first kappa shape index (κ1) is 17.0. The van der Waals surface area contributed by atoms with E-state index < -0.39 is 11.6 Å². The molecule has 0 saturated carbocycles. The third kappa shape index (κ3) is 3.95. The quantitative estimate of drug-likeness (QED) is 0.791. The molecule has 116 valence electrons. The van der Waals surface area contributed by atoms with Crippen molar-refractivity contribution in [3.63, 3.8) is 0 Å². The van der Waals surface area contributed by atoms with Gasteiger partial charge in [0, 0.05) is 5.56 Å². The van der Waals surface area contributed by atoms with E-state index in [0.717, 1.165) is 16.9 Å². The summed E-state index contributed by atoms with van der Waals surface area (Å²) in [4.78, 5) is 23.4. The molecule has 1 atom stereocenters. The highest BCUT2D eigenvalue weighted by atomic mass is 16.5. The Morgan fingerprint density at radius 1 is 1.24 bits per heavy atom. The molecule has 21 heavy (non-hydrogen) atoms. The molecule has 0 fully saturated rings. The van der Waals surface area contributed by atoms with Crippen molar-refractivity contribution < 1.29 is 24.2 Å². The summed E-state index contributed by atoms with van der Waals surface area (Å²) in [5.74, 6) is -0.453. The van der Waals surface area contributed by atoms with Crippen LogP contribution in [0.2, 0.25) is 0 Å². The van der Waals surface area contributed by atoms with E-state index >= 15 is 0 Å². The molecule has 1 amide bonds. The van der Waals surface area contributed by atoms with Crippen molar-refractivity contribution >= 4 is 11.9 Å². The molecule has 0 spiro atoms. The summed E-state index contributed by atoms with van der Waals surface area (Å²) in [5, 5.41) is 12.4. The molecule has 0 bridgehead atoms. The van der Waals surface area contributed by atoms with Crippen LogP contribution in [-0.2, 0) is 9.53 Å². The number of esters is 1. The van der Waals surface area contributed by atoms with E-state index in [9.17, 15) is 14.7 Å². The van der Waals surface area contributed by atoms with E-state index in [1.807, 2.05) is 13.8 Å². The van der Waals surface area contributed by atoms with Crippen molar-refractivity contribution in [3.8, 4) is 5.75 Å². The molecule has 1 unspecified atom stereocenters. The number of nitrogens with one attached hydrogen (secondary N) is 1. The SMILES string of the molecule is COC(=O)C(C)(O)CNC(=O)c1cc(C)c(OC)c(C)c1. The molecule has 0 radical (unpaired) electrons. The minimum absolute atomic E-state index is 0.234. The Morgan fingerprint density at radius 2 is 1.76 bits per heavy atom. The second-order valence-corrected chi connectivity index (χ2v) is 5.09. The maximum Gasteiger partial charge on any atom is 0.339 e. The molecule has 1 aromatic carbocycles. The molecule has 1 rings (SSSR count). The molecular weight excluding hydrogens is 274 g/mol. The topological polar surface area (TPSA) is 84.9 Å². The number of carbonyl (C=O) groups is 2. The predicted molar refractivity (Wildman–Crippen MR) is 77.4 cm³/mol. The number of carbonyl (C=O) groups excluding carboxylic acids is 2. The van der Waals surface area contributed by atoms with Gasteiger partial charge >= 0.3 is 5.97 Å². The summed E-state index contributed by atoms with van der Waals surface area (Å²) in [6, 6.07) is 3.38. The average molecular weight is 295 g/mol. The Kier molecular flexibility index (Phi) is 5.32. The summed E-state index contributed by atoms with van der Waals surface area (Å²) in [7, 11) is 2.75. The lowest BCUT2D eigenvalue weighted by Crippen LogP contribution is -2.47. The number of hydrogen-bond donors (Lipinski definition) is 2. The van der Waals surface area contributed by atoms with Gasteiger partial charge in [-0.15, -0.1) is 0 Å². The van der Waals surface area contributed by atoms with Gasteiger partial charge in [-0.25, -0.2) is 4.79 Å². The fourth-order valence-electron chi connectivity index (χ4n) is 2.05. The van der Waals surface area contributed by atoms with Crippen LogP contribution in [0, 0.1) is 13.8 Å². The van der Waals surface area contributed by atoms with Gasteiger partial charge in [-0.1, -0.05) is 0 Å². The third-order valence-corrected chi connectivity index (χ3v) is 3.14. The second-order valence-electron chi connectivity index (χ2n) is 5.09. The lowest BCUT2D eigenvalue weighted by Gasteiger charge is -2.20. The van der Waals surface area contributed by atoms with Gasteiger partial charge in [-0.05, 0) is 44.0 Å². The van der Waals surface area contributed by atoms with Crippen LogP contribution < -0.4 is 10.1 Å². The van der Waals surface area contributed by atoms with Crippen LogP contribution >= 0.6 is 0 Å². The molecule has 6 heteroatoms. The number of aliphatic hydroxyl groups is 1. The van der Waals surface area contributed by atoms with Gasteiger partial charge in [-0.3, -0.25) is 4.79 Å². The zero-order valence-corrected chi connectivity index (χ0v) is 12.9. The molecule has 0 heterocycles. The van der Waals surface area contributed by atoms with Crippen molar-refractivity contribution in [2.75, 3.05) is 20.8 Å². The van der Waals surface area contributed by atoms with E-state index in [1.54, 1.807) is 19.2 Å². The zero-order chi connectivity index (χ0) is 16.2. The van der Waals surface area contributed by atoms with Crippen molar-refractivity contribution in [1.29, 1.82) is 0 Å². The van der Waals surface area contributed by atoms with Gasteiger partial charge in [0.2, 0.25) is 0 Å². The number of benzene rings is 1. The van der Waals surface area contributed by atoms with Crippen molar-refractivity contribution in [1.82, 2.24) is 5.32 Å². The average Bonchev–Trinajstić information content (AvgIpc) is 2.43. The molecule has 0 saturated heterocycles. The summed E-state index contributed by atoms with van der Waals surface area (Å²) in [6.07, 6.45) is 0. The lowest BCUT2D eigenvalue weighted by atomic mass is 10.0. The first-order chi connectivity index (χ1) is 9.72. The minimum atomic E-state index is -1.76. The monoisotopic (exact) mass is 295 g/mol. The van der Waals surface area contributed by atoms with Gasteiger partial charge in [0.25, 0.3) is 5.91 Å². The van der Waals surface area contributed by atoms with E-state index in [1.165, 1.54) is 14.0 Å². The first-order valence-electron chi connectivity index (χ1n) is 6.47. The maximum absolute atomic E-state index is 12.1. The highest BCUT2D eigenvalue weighted by Crippen LogP contribution is 2.24. The van der Waals surface area contributed by atoms with E-state index in [-0.39, 0.29) is 12.5 Å². The Hall–Kier alpha value is -2.08. The van der Waals surface area contributed by atoms with Crippen LogP contribution in [-0.4, -0.2) is 43.3 Å². The molecule has 2 N–H and O–H groups in total. The fourth-order valence-corrected chi connectivity index (χ4v) is 2.05. The van der Waals surface area contributed by atoms with Crippen LogP contribution in [0.25, 0.3) is 0 Å². The summed E-state index contributed by atoms with van der Waals surface area (Å²) >= 11 is 0. The van der Waals surface area contributed by atoms with Crippen LogP contribution in [0.3, 0.4) is 0 Å². The number of methoxy groups -OCH3 is 2. The number of rotatable bonds is 5. The molecule has 6 nitrogen and oxygen atoms in total. The summed E-state index contributed by atoms with van der Waals surface area (Å²) in [6.45, 7) is 4.73. The number of amides is 1. The highest BCUT2D eigenvalue weighted by Gasteiger charge is 2.32. The van der Waals surface area contributed by atoms with Gasteiger partial charge in [0.15, 0.2) is 5.60 Å². The van der Waals surface area contributed by atoms with Gasteiger partial charge in [0.05, 0.1) is 20.8 Å². The highest BCUT2D eigenvalue weighted by molar-refractivity contribution is 5.95. The zero-order valence-electron chi connectivity index (χ0n) is 12.9.